The van der Waals surface area contributed by atoms with Gasteiger partial charge in [0, 0.05) is 10.9 Å². The lowest BCUT2D eigenvalue weighted by Gasteiger charge is -2.22. The lowest BCUT2D eigenvalue weighted by molar-refractivity contribution is 0.338. The van der Waals surface area contributed by atoms with Gasteiger partial charge in [0.2, 0.25) is 0 Å². The Balaban J connectivity index is 1.81. The molecule has 0 aliphatic heterocycles. The van der Waals surface area contributed by atoms with Crippen LogP contribution in [0.4, 0.5) is 0 Å². The zero-order valence-electron chi connectivity index (χ0n) is 9.99. The summed E-state index contributed by atoms with van der Waals surface area (Å²) >= 11 is 1.85. The fourth-order valence-corrected chi connectivity index (χ4v) is 3.55. The van der Waals surface area contributed by atoms with Crippen molar-refractivity contribution in [1.29, 1.82) is 0 Å². The first kappa shape index (κ1) is 12.1. The zero-order chi connectivity index (χ0) is 11.4. The Morgan fingerprint density at radius 3 is 3.00 bits per heavy atom. The third-order valence-corrected chi connectivity index (χ3v) is 4.74. The molecular formula is C13H22N2S. The molecule has 1 aromatic heterocycles. The highest BCUT2D eigenvalue weighted by Gasteiger charge is 2.27. The molecule has 1 fully saturated rings. The molecule has 1 aliphatic carbocycles. The number of nitrogens with one attached hydrogen (secondary N) is 1. The SMILES string of the molecule is CC1CCC(C(CCc2cccs2)NN)C1. The fraction of sp³-hybridized carbons (Fsp3) is 0.692. The lowest BCUT2D eigenvalue weighted by atomic mass is 9.93. The van der Waals surface area contributed by atoms with Crippen molar-refractivity contribution in [1.82, 2.24) is 5.43 Å². The molecule has 0 amide bonds. The molecule has 3 heteroatoms. The Kier molecular flexibility index (Phi) is 4.38. The Morgan fingerprint density at radius 2 is 2.44 bits per heavy atom. The summed E-state index contributed by atoms with van der Waals surface area (Å²) < 4.78 is 0. The van der Waals surface area contributed by atoms with Crippen LogP contribution in [-0.4, -0.2) is 6.04 Å². The summed E-state index contributed by atoms with van der Waals surface area (Å²) in [6.45, 7) is 2.35. The van der Waals surface area contributed by atoms with Gasteiger partial charge in [-0.05, 0) is 49.0 Å². The smallest absolute Gasteiger partial charge is 0.0242 e. The molecule has 90 valence electrons. The second-order valence-corrected chi connectivity index (χ2v) is 6.10. The number of rotatable bonds is 5. The maximum absolute atomic E-state index is 5.69. The number of hydrazine groups is 1. The number of hydrogen-bond donors (Lipinski definition) is 2. The van der Waals surface area contributed by atoms with Crippen LogP contribution >= 0.6 is 11.3 Å². The summed E-state index contributed by atoms with van der Waals surface area (Å²) in [7, 11) is 0. The average molecular weight is 238 g/mol. The minimum atomic E-state index is 0.507. The van der Waals surface area contributed by atoms with Crippen LogP contribution in [0.3, 0.4) is 0 Å². The van der Waals surface area contributed by atoms with E-state index in [9.17, 15) is 0 Å². The minimum absolute atomic E-state index is 0.507. The molecule has 3 atom stereocenters. The Morgan fingerprint density at radius 1 is 1.56 bits per heavy atom. The Labute approximate surface area is 102 Å². The normalized spacial score (nSPS) is 27.1. The summed E-state index contributed by atoms with van der Waals surface area (Å²) in [5.74, 6) is 7.37. The van der Waals surface area contributed by atoms with E-state index < -0.39 is 0 Å². The molecule has 2 rings (SSSR count). The number of nitrogens with two attached hydrogens (primary N) is 1. The van der Waals surface area contributed by atoms with Crippen molar-refractivity contribution in [3.63, 3.8) is 0 Å². The molecule has 3 N–H and O–H groups in total. The van der Waals surface area contributed by atoms with E-state index in [1.807, 2.05) is 11.3 Å². The molecule has 0 saturated heterocycles. The molecule has 0 aromatic carbocycles. The van der Waals surface area contributed by atoms with E-state index in [1.165, 1.54) is 30.6 Å². The standard InChI is InChI=1S/C13H22N2S/c1-10-4-5-11(9-10)13(15-14)7-6-12-3-2-8-16-12/h2-3,8,10-11,13,15H,4-7,9,14H2,1H3. The summed E-state index contributed by atoms with van der Waals surface area (Å²) in [6, 6.07) is 4.85. The van der Waals surface area contributed by atoms with Gasteiger partial charge in [-0.3, -0.25) is 11.3 Å². The molecule has 0 bridgehead atoms. The quantitative estimate of drug-likeness (QED) is 0.611. The third kappa shape index (κ3) is 3.06. The Bertz CT molecular complexity index is 297. The molecule has 1 saturated carbocycles. The minimum Gasteiger partial charge on any atom is -0.271 e. The first-order valence-corrected chi connectivity index (χ1v) is 7.16. The summed E-state index contributed by atoms with van der Waals surface area (Å²) in [6.07, 6.45) is 6.41. The molecule has 1 aromatic rings. The van der Waals surface area contributed by atoms with Crippen molar-refractivity contribution in [3.05, 3.63) is 22.4 Å². The van der Waals surface area contributed by atoms with Crippen molar-refractivity contribution >= 4 is 11.3 Å². The monoisotopic (exact) mass is 238 g/mol. The molecule has 0 radical (unpaired) electrons. The highest BCUT2D eigenvalue weighted by molar-refractivity contribution is 7.09. The van der Waals surface area contributed by atoms with Gasteiger partial charge < -0.3 is 0 Å². The van der Waals surface area contributed by atoms with Crippen LogP contribution in [-0.2, 0) is 6.42 Å². The van der Waals surface area contributed by atoms with Gasteiger partial charge in [-0.2, -0.15) is 0 Å². The van der Waals surface area contributed by atoms with Crippen LogP contribution in [0, 0.1) is 11.8 Å². The van der Waals surface area contributed by atoms with Gasteiger partial charge in [-0.1, -0.05) is 19.4 Å². The van der Waals surface area contributed by atoms with Crippen LogP contribution in [0.15, 0.2) is 17.5 Å². The molecule has 0 spiro atoms. The van der Waals surface area contributed by atoms with Gasteiger partial charge in [-0.15, -0.1) is 11.3 Å². The van der Waals surface area contributed by atoms with Gasteiger partial charge in [0.25, 0.3) is 0 Å². The van der Waals surface area contributed by atoms with Crippen molar-refractivity contribution in [2.24, 2.45) is 17.7 Å². The van der Waals surface area contributed by atoms with E-state index in [2.05, 4.69) is 29.9 Å². The van der Waals surface area contributed by atoms with Crippen LogP contribution in [0.2, 0.25) is 0 Å². The molecule has 1 aliphatic rings. The molecule has 3 unspecified atom stereocenters. The summed E-state index contributed by atoms with van der Waals surface area (Å²) in [5.41, 5.74) is 3.03. The van der Waals surface area contributed by atoms with Crippen LogP contribution in [0.1, 0.15) is 37.5 Å². The number of thiophene rings is 1. The van der Waals surface area contributed by atoms with Gasteiger partial charge in [0.1, 0.15) is 0 Å². The molecule has 2 nitrogen and oxygen atoms in total. The van der Waals surface area contributed by atoms with E-state index in [0.717, 1.165) is 18.3 Å². The number of aryl methyl sites for hydroxylation is 1. The van der Waals surface area contributed by atoms with Crippen LogP contribution in [0.25, 0.3) is 0 Å². The van der Waals surface area contributed by atoms with E-state index in [1.54, 1.807) is 0 Å². The van der Waals surface area contributed by atoms with Crippen LogP contribution < -0.4 is 11.3 Å². The molecular weight excluding hydrogens is 216 g/mol. The second kappa shape index (κ2) is 5.80. The topological polar surface area (TPSA) is 38.0 Å². The third-order valence-electron chi connectivity index (χ3n) is 3.80. The highest BCUT2D eigenvalue weighted by atomic mass is 32.1. The highest BCUT2D eigenvalue weighted by Crippen LogP contribution is 2.33. The molecule has 1 heterocycles. The maximum Gasteiger partial charge on any atom is 0.0242 e. The van der Waals surface area contributed by atoms with E-state index in [4.69, 9.17) is 5.84 Å². The van der Waals surface area contributed by atoms with Crippen molar-refractivity contribution in [2.75, 3.05) is 0 Å². The average Bonchev–Trinajstić information content (AvgIpc) is 2.91. The second-order valence-electron chi connectivity index (χ2n) is 5.07. The first-order valence-electron chi connectivity index (χ1n) is 6.28. The van der Waals surface area contributed by atoms with Gasteiger partial charge in [0.05, 0.1) is 0 Å². The predicted molar refractivity (Wildman–Crippen MR) is 70.3 cm³/mol. The lowest BCUT2D eigenvalue weighted by Crippen LogP contribution is -2.40. The largest absolute Gasteiger partial charge is 0.271 e. The van der Waals surface area contributed by atoms with Crippen molar-refractivity contribution in [2.45, 2.75) is 45.1 Å². The summed E-state index contributed by atoms with van der Waals surface area (Å²) in [4.78, 5) is 1.48. The van der Waals surface area contributed by atoms with Gasteiger partial charge in [-0.25, -0.2) is 0 Å². The maximum atomic E-state index is 5.69. The van der Waals surface area contributed by atoms with E-state index in [-0.39, 0.29) is 0 Å². The number of hydrogen-bond acceptors (Lipinski definition) is 3. The van der Waals surface area contributed by atoms with E-state index >= 15 is 0 Å². The van der Waals surface area contributed by atoms with Crippen molar-refractivity contribution < 1.29 is 0 Å². The fourth-order valence-electron chi connectivity index (χ4n) is 2.82. The van der Waals surface area contributed by atoms with Gasteiger partial charge in [0.15, 0.2) is 0 Å². The summed E-state index contributed by atoms with van der Waals surface area (Å²) in [5, 5.41) is 2.15. The first-order chi connectivity index (χ1) is 7.79. The Hall–Kier alpha value is -0.380. The van der Waals surface area contributed by atoms with Gasteiger partial charge >= 0.3 is 0 Å². The molecule has 16 heavy (non-hydrogen) atoms. The van der Waals surface area contributed by atoms with Crippen molar-refractivity contribution in [3.8, 4) is 0 Å². The predicted octanol–water partition coefficient (Wildman–Crippen LogP) is 2.95. The van der Waals surface area contributed by atoms with Crippen LogP contribution in [0.5, 0.6) is 0 Å². The zero-order valence-corrected chi connectivity index (χ0v) is 10.8. The van der Waals surface area contributed by atoms with E-state index in [0.29, 0.717) is 6.04 Å².